The van der Waals surface area contributed by atoms with E-state index in [1.165, 1.54) is 0 Å². The molecule has 1 N–H and O–H groups in total. The van der Waals surface area contributed by atoms with Crippen LogP contribution in [-0.4, -0.2) is 35.5 Å². The Morgan fingerprint density at radius 2 is 2.10 bits per heavy atom. The molecule has 0 aliphatic carbocycles. The van der Waals surface area contributed by atoms with Gasteiger partial charge in [0.2, 0.25) is 0 Å². The Labute approximate surface area is 116 Å². The number of halogens is 1. The normalized spacial score (nSPS) is 28.4. The SMILES string of the molecule is Cc1cc(NC2CN3CCC2CC3)c([N+](=O)[O-])cc1F. The summed E-state index contributed by atoms with van der Waals surface area (Å²) in [5.74, 6) is 0.0288. The number of aryl methyl sites for hydroxylation is 1. The molecule has 2 bridgehead atoms. The molecule has 0 spiro atoms. The Morgan fingerprint density at radius 3 is 2.65 bits per heavy atom. The summed E-state index contributed by atoms with van der Waals surface area (Å²) < 4.78 is 13.5. The highest BCUT2D eigenvalue weighted by atomic mass is 19.1. The van der Waals surface area contributed by atoms with Crippen LogP contribution < -0.4 is 5.32 Å². The number of nitro groups is 1. The van der Waals surface area contributed by atoms with E-state index in [1.54, 1.807) is 13.0 Å². The van der Waals surface area contributed by atoms with Crippen molar-refractivity contribution in [2.45, 2.75) is 25.8 Å². The molecule has 3 saturated heterocycles. The van der Waals surface area contributed by atoms with Crippen LogP contribution in [0.25, 0.3) is 0 Å². The topological polar surface area (TPSA) is 58.4 Å². The lowest BCUT2D eigenvalue weighted by atomic mass is 9.84. The number of hydrogen-bond donors (Lipinski definition) is 1. The monoisotopic (exact) mass is 279 g/mol. The summed E-state index contributed by atoms with van der Waals surface area (Å²) in [5.41, 5.74) is 0.691. The van der Waals surface area contributed by atoms with E-state index >= 15 is 0 Å². The van der Waals surface area contributed by atoms with Crippen LogP contribution in [0.4, 0.5) is 15.8 Å². The van der Waals surface area contributed by atoms with Crippen molar-refractivity contribution in [3.8, 4) is 0 Å². The van der Waals surface area contributed by atoms with Crippen molar-refractivity contribution >= 4 is 11.4 Å². The molecule has 1 aromatic rings. The first-order chi connectivity index (χ1) is 9.54. The number of anilines is 1. The van der Waals surface area contributed by atoms with Gasteiger partial charge in [0.25, 0.3) is 5.69 Å². The molecular formula is C14H18FN3O2. The van der Waals surface area contributed by atoms with Crippen LogP contribution in [0.3, 0.4) is 0 Å². The highest BCUT2D eigenvalue weighted by Gasteiger charge is 2.35. The largest absolute Gasteiger partial charge is 0.375 e. The number of nitrogens with zero attached hydrogens (tertiary/aromatic N) is 2. The lowest BCUT2D eigenvalue weighted by Crippen LogP contribution is -2.53. The van der Waals surface area contributed by atoms with Crippen LogP contribution in [-0.2, 0) is 0 Å². The summed E-state index contributed by atoms with van der Waals surface area (Å²) in [7, 11) is 0. The van der Waals surface area contributed by atoms with Gasteiger partial charge in [-0.1, -0.05) is 0 Å². The molecule has 108 valence electrons. The molecule has 0 saturated carbocycles. The van der Waals surface area contributed by atoms with E-state index in [0.29, 0.717) is 17.2 Å². The van der Waals surface area contributed by atoms with E-state index in [0.717, 1.165) is 38.5 Å². The summed E-state index contributed by atoms with van der Waals surface area (Å²) in [6.45, 7) is 4.78. The molecule has 20 heavy (non-hydrogen) atoms. The fourth-order valence-electron chi connectivity index (χ4n) is 3.27. The molecule has 0 amide bonds. The fourth-order valence-corrected chi connectivity index (χ4v) is 3.27. The van der Waals surface area contributed by atoms with Gasteiger partial charge in [-0.05, 0) is 50.4 Å². The first-order valence-corrected chi connectivity index (χ1v) is 6.98. The molecule has 3 heterocycles. The Morgan fingerprint density at radius 1 is 1.40 bits per heavy atom. The fraction of sp³-hybridized carbons (Fsp3) is 0.571. The number of nitrogens with one attached hydrogen (secondary N) is 1. The Bertz CT molecular complexity index is 541. The lowest BCUT2D eigenvalue weighted by Gasteiger charge is -2.45. The maximum absolute atomic E-state index is 13.5. The van der Waals surface area contributed by atoms with E-state index in [9.17, 15) is 14.5 Å². The number of rotatable bonds is 3. The van der Waals surface area contributed by atoms with Crippen molar-refractivity contribution in [1.82, 2.24) is 4.90 Å². The first kappa shape index (κ1) is 13.3. The van der Waals surface area contributed by atoms with Gasteiger partial charge in [0.05, 0.1) is 11.0 Å². The Hall–Kier alpha value is -1.69. The molecule has 4 rings (SSSR count). The van der Waals surface area contributed by atoms with Crippen molar-refractivity contribution in [2.75, 3.05) is 25.0 Å². The van der Waals surface area contributed by atoms with Gasteiger partial charge in [0, 0.05) is 12.6 Å². The standard InChI is InChI=1S/C14H18FN3O2/c1-9-6-12(14(18(19)20)7-11(9)15)16-13-8-17-4-2-10(13)3-5-17/h6-7,10,13,16H,2-5,8H2,1H3. The third-order valence-corrected chi connectivity index (χ3v) is 4.47. The van der Waals surface area contributed by atoms with E-state index < -0.39 is 10.7 Å². The molecule has 0 radical (unpaired) electrons. The van der Waals surface area contributed by atoms with Gasteiger partial charge in [0.1, 0.15) is 11.5 Å². The zero-order valence-corrected chi connectivity index (χ0v) is 11.4. The molecule has 5 nitrogen and oxygen atoms in total. The molecule has 1 aromatic carbocycles. The number of piperidine rings is 3. The second kappa shape index (κ2) is 5.01. The van der Waals surface area contributed by atoms with Gasteiger partial charge in [-0.3, -0.25) is 10.1 Å². The zero-order valence-electron chi connectivity index (χ0n) is 11.4. The van der Waals surface area contributed by atoms with Crippen molar-refractivity contribution in [3.63, 3.8) is 0 Å². The van der Waals surface area contributed by atoms with Crippen LogP contribution in [0.15, 0.2) is 12.1 Å². The molecule has 0 aromatic heterocycles. The van der Waals surface area contributed by atoms with Crippen molar-refractivity contribution in [3.05, 3.63) is 33.6 Å². The van der Waals surface area contributed by atoms with Gasteiger partial charge >= 0.3 is 0 Å². The predicted octanol–water partition coefficient (Wildman–Crippen LogP) is 2.55. The van der Waals surface area contributed by atoms with E-state index in [4.69, 9.17) is 0 Å². The Kier molecular flexibility index (Phi) is 3.33. The van der Waals surface area contributed by atoms with Gasteiger partial charge in [-0.2, -0.15) is 0 Å². The van der Waals surface area contributed by atoms with E-state index in [1.807, 2.05) is 0 Å². The number of benzene rings is 1. The third kappa shape index (κ3) is 2.35. The van der Waals surface area contributed by atoms with E-state index in [2.05, 4.69) is 10.2 Å². The molecule has 3 aliphatic heterocycles. The second-order valence-electron chi connectivity index (χ2n) is 5.76. The first-order valence-electron chi connectivity index (χ1n) is 6.98. The van der Waals surface area contributed by atoms with Crippen molar-refractivity contribution in [2.24, 2.45) is 5.92 Å². The zero-order chi connectivity index (χ0) is 14.3. The molecule has 3 fully saturated rings. The number of nitro benzene ring substituents is 1. The second-order valence-corrected chi connectivity index (χ2v) is 5.76. The van der Waals surface area contributed by atoms with Crippen LogP contribution in [0.2, 0.25) is 0 Å². The summed E-state index contributed by atoms with van der Waals surface area (Å²) in [6, 6.07) is 2.78. The van der Waals surface area contributed by atoms with Gasteiger partial charge < -0.3 is 10.2 Å². The van der Waals surface area contributed by atoms with Crippen LogP contribution in [0.1, 0.15) is 18.4 Å². The molecular weight excluding hydrogens is 261 g/mol. The highest BCUT2D eigenvalue weighted by molar-refractivity contribution is 5.63. The maximum Gasteiger partial charge on any atom is 0.295 e. The van der Waals surface area contributed by atoms with Crippen molar-refractivity contribution in [1.29, 1.82) is 0 Å². The molecule has 6 heteroatoms. The molecule has 1 atom stereocenters. The number of hydrogen-bond acceptors (Lipinski definition) is 4. The lowest BCUT2D eigenvalue weighted by molar-refractivity contribution is -0.384. The Balaban J connectivity index is 1.86. The van der Waals surface area contributed by atoms with Gasteiger partial charge in [0.15, 0.2) is 0 Å². The van der Waals surface area contributed by atoms with Crippen LogP contribution >= 0.6 is 0 Å². The minimum absolute atomic E-state index is 0.176. The number of fused-ring (bicyclic) bond motifs is 3. The minimum atomic E-state index is -0.531. The summed E-state index contributed by atoms with van der Waals surface area (Å²) in [6.07, 6.45) is 2.26. The van der Waals surface area contributed by atoms with E-state index in [-0.39, 0.29) is 11.7 Å². The smallest absolute Gasteiger partial charge is 0.295 e. The van der Waals surface area contributed by atoms with Gasteiger partial charge in [-0.15, -0.1) is 0 Å². The van der Waals surface area contributed by atoms with Gasteiger partial charge in [-0.25, -0.2) is 4.39 Å². The average Bonchev–Trinajstić information content (AvgIpc) is 2.43. The quantitative estimate of drug-likeness (QED) is 0.682. The molecule has 1 unspecified atom stereocenters. The van der Waals surface area contributed by atoms with Crippen LogP contribution in [0.5, 0.6) is 0 Å². The maximum atomic E-state index is 13.5. The van der Waals surface area contributed by atoms with Crippen molar-refractivity contribution < 1.29 is 9.31 Å². The summed E-state index contributed by atoms with van der Waals surface area (Å²) >= 11 is 0. The minimum Gasteiger partial charge on any atom is -0.375 e. The average molecular weight is 279 g/mol. The third-order valence-electron chi connectivity index (χ3n) is 4.47. The summed E-state index contributed by atoms with van der Waals surface area (Å²) in [4.78, 5) is 12.9. The summed E-state index contributed by atoms with van der Waals surface area (Å²) in [5, 5.41) is 14.4. The van der Waals surface area contributed by atoms with Crippen LogP contribution in [0, 0.1) is 28.8 Å². The predicted molar refractivity (Wildman–Crippen MR) is 74.4 cm³/mol. The highest BCUT2D eigenvalue weighted by Crippen LogP contribution is 2.33. The molecule has 3 aliphatic rings.